The summed E-state index contributed by atoms with van der Waals surface area (Å²) in [5.41, 5.74) is 2.80. The van der Waals surface area contributed by atoms with Crippen LogP contribution in [0, 0.1) is 5.92 Å². The molecule has 0 saturated carbocycles. The lowest BCUT2D eigenvalue weighted by molar-refractivity contribution is 0.184. The normalized spacial score (nSPS) is 26.4. The molecule has 3 heteroatoms. The second-order valence-corrected chi connectivity index (χ2v) is 6.80. The van der Waals surface area contributed by atoms with Gasteiger partial charge in [0.15, 0.2) is 0 Å². The van der Waals surface area contributed by atoms with E-state index in [-0.39, 0.29) is 5.54 Å². The molecule has 2 rings (SSSR count). The molecule has 1 fully saturated rings. The van der Waals surface area contributed by atoms with Gasteiger partial charge in [0, 0.05) is 43.0 Å². The Labute approximate surface area is 129 Å². The first-order chi connectivity index (χ1) is 10.0. The highest BCUT2D eigenvalue weighted by Crippen LogP contribution is 2.31. The van der Waals surface area contributed by atoms with Gasteiger partial charge in [-0.15, -0.1) is 0 Å². The van der Waals surface area contributed by atoms with Gasteiger partial charge in [0.05, 0.1) is 6.61 Å². The number of hydrogen-bond donors (Lipinski definition) is 1. The number of hydrogen-bond acceptors (Lipinski definition) is 3. The first-order valence-electron chi connectivity index (χ1n) is 8.09. The smallest absolute Gasteiger partial charge is 0.0733 e. The zero-order valence-electron chi connectivity index (χ0n) is 14.1. The summed E-state index contributed by atoms with van der Waals surface area (Å²) in [6.45, 7) is 12.0. The van der Waals surface area contributed by atoms with Gasteiger partial charge in [0.2, 0.25) is 0 Å². The minimum atomic E-state index is 0.186. The van der Waals surface area contributed by atoms with Gasteiger partial charge in [-0.05, 0) is 25.3 Å². The van der Waals surface area contributed by atoms with Crippen LogP contribution in [0.5, 0.6) is 0 Å². The third-order valence-corrected chi connectivity index (χ3v) is 4.81. The summed E-state index contributed by atoms with van der Waals surface area (Å²) in [7, 11) is 1.77. The molecule has 2 atom stereocenters. The molecule has 0 bridgehead atoms. The van der Waals surface area contributed by atoms with Crippen LogP contribution in [0.2, 0.25) is 0 Å². The molecule has 118 valence electrons. The minimum absolute atomic E-state index is 0.186. The summed E-state index contributed by atoms with van der Waals surface area (Å²) in [6.07, 6.45) is 1.14. The van der Waals surface area contributed by atoms with Crippen LogP contribution >= 0.6 is 0 Å². The first kappa shape index (κ1) is 16.3. The van der Waals surface area contributed by atoms with E-state index in [4.69, 9.17) is 4.74 Å². The van der Waals surface area contributed by atoms with Crippen LogP contribution in [-0.2, 0) is 11.3 Å². The molecule has 1 aromatic rings. The molecule has 21 heavy (non-hydrogen) atoms. The van der Waals surface area contributed by atoms with Crippen LogP contribution in [0.3, 0.4) is 0 Å². The molecule has 1 heterocycles. The van der Waals surface area contributed by atoms with Crippen LogP contribution < -0.4 is 10.2 Å². The van der Waals surface area contributed by atoms with Crippen molar-refractivity contribution in [3.05, 3.63) is 29.8 Å². The monoisotopic (exact) mass is 290 g/mol. The summed E-state index contributed by atoms with van der Waals surface area (Å²) in [4.78, 5) is 2.60. The van der Waals surface area contributed by atoms with Crippen molar-refractivity contribution >= 4 is 5.69 Å². The van der Waals surface area contributed by atoms with Crippen LogP contribution in [-0.4, -0.2) is 31.8 Å². The molecule has 0 amide bonds. The van der Waals surface area contributed by atoms with Gasteiger partial charge in [-0.3, -0.25) is 0 Å². The number of piperazine rings is 1. The fourth-order valence-corrected chi connectivity index (χ4v) is 3.18. The van der Waals surface area contributed by atoms with Crippen molar-refractivity contribution in [2.24, 2.45) is 5.92 Å². The van der Waals surface area contributed by atoms with E-state index in [2.05, 4.69) is 62.2 Å². The third kappa shape index (κ3) is 3.58. The van der Waals surface area contributed by atoms with Crippen LogP contribution in [0.4, 0.5) is 5.69 Å². The van der Waals surface area contributed by atoms with Gasteiger partial charge in [0.1, 0.15) is 0 Å². The molecule has 2 unspecified atom stereocenters. The Hall–Kier alpha value is -1.06. The van der Waals surface area contributed by atoms with Crippen LogP contribution in [0.15, 0.2) is 24.3 Å². The molecule has 1 saturated heterocycles. The quantitative estimate of drug-likeness (QED) is 0.899. The average Bonchev–Trinajstić information content (AvgIpc) is 2.48. The lowest BCUT2D eigenvalue weighted by Gasteiger charge is -2.49. The summed E-state index contributed by atoms with van der Waals surface area (Å²) in [5.74, 6) is 0.620. The lowest BCUT2D eigenvalue weighted by Crippen LogP contribution is -2.64. The molecule has 1 N–H and O–H groups in total. The molecule has 1 aliphatic rings. The molecule has 0 spiro atoms. The summed E-state index contributed by atoms with van der Waals surface area (Å²) in [5, 5.41) is 3.75. The van der Waals surface area contributed by atoms with Crippen LogP contribution in [0.1, 0.15) is 39.7 Å². The molecule has 0 aliphatic carbocycles. The van der Waals surface area contributed by atoms with Crippen molar-refractivity contribution in [2.75, 3.05) is 25.1 Å². The van der Waals surface area contributed by atoms with E-state index in [0.29, 0.717) is 18.6 Å². The summed E-state index contributed by atoms with van der Waals surface area (Å²) in [6, 6.07) is 9.19. The predicted octanol–water partition coefficient (Wildman–Crippen LogP) is 3.44. The van der Waals surface area contributed by atoms with Gasteiger partial charge in [0.25, 0.3) is 0 Å². The van der Waals surface area contributed by atoms with E-state index in [0.717, 1.165) is 19.5 Å². The number of methoxy groups -OCH3 is 1. The standard InChI is InChI=1S/C18H30N2O/c1-6-18(4)13-20(17(11-19-18)14(2)3)16-10-8-7-9-15(16)12-21-5/h7-10,14,17,19H,6,11-13H2,1-5H3. The second kappa shape index (κ2) is 6.80. The summed E-state index contributed by atoms with van der Waals surface area (Å²) < 4.78 is 5.39. The highest BCUT2D eigenvalue weighted by molar-refractivity contribution is 5.55. The molecule has 3 nitrogen and oxygen atoms in total. The molecular weight excluding hydrogens is 260 g/mol. The largest absolute Gasteiger partial charge is 0.380 e. The maximum atomic E-state index is 5.39. The van der Waals surface area contributed by atoms with Crippen molar-refractivity contribution in [3.63, 3.8) is 0 Å². The summed E-state index contributed by atoms with van der Waals surface area (Å²) >= 11 is 0. The van der Waals surface area contributed by atoms with E-state index in [1.54, 1.807) is 7.11 Å². The van der Waals surface area contributed by atoms with Crippen molar-refractivity contribution in [2.45, 2.75) is 52.3 Å². The molecule has 1 aliphatic heterocycles. The van der Waals surface area contributed by atoms with E-state index < -0.39 is 0 Å². The predicted molar refractivity (Wildman–Crippen MR) is 89.8 cm³/mol. The fraction of sp³-hybridized carbons (Fsp3) is 0.667. The Balaban J connectivity index is 2.35. The van der Waals surface area contributed by atoms with Gasteiger partial charge in [-0.25, -0.2) is 0 Å². The minimum Gasteiger partial charge on any atom is -0.380 e. The number of rotatable bonds is 5. The van der Waals surface area contributed by atoms with Gasteiger partial charge >= 0.3 is 0 Å². The van der Waals surface area contributed by atoms with Crippen molar-refractivity contribution < 1.29 is 4.74 Å². The van der Waals surface area contributed by atoms with Crippen molar-refractivity contribution in [1.82, 2.24) is 5.32 Å². The van der Waals surface area contributed by atoms with E-state index in [1.807, 2.05) is 0 Å². The number of anilines is 1. The SMILES string of the molecule is CCC1(C)CN(c2ccccc2COC)C(C(C)C)CN1. The van der Waals surface area contributed by atoms with Crippen molar-refractivity contribution in [1.29, 1.82) is 0 Å². The Kier molecular flexibility index (Phi) is 5.28. The number of nitrogens with zero attached hydrogens (tertiary/aromatic N) is 1. The van der Waals surface area contributed by atoms with E-state index >= 15 is 0 Å². The Bertz CT molecular complexity index is 460. The lowest BCUT2D eigenvalue weighted by atomic mass is 9.89. The van der Waals surface area contributed by atoms with Crippen LogP contribution in [0.25, 0.3) is 0 Å². The van der Waals surface area contributed by atoms with E-state index in [1.165, 1.54) is 11.3 Å². The molecular formula is C18H30N2O. The van der Waals surface area contributed by atoms with Gasteiger partial charge in [-0.1, -0.05) is 39.0 Å². The highest BCUT2D eigenvalue weighted by Gasteiger charge is 2.36. The van der Waals surface area contributed by atoms with Gasteiger partial charge < -0.3 is 15.0 Å². The Morgan fingerprint density at radius 1 is 1.38 bits per heavy atom. The zero-order chi connectivity index (χ0) is 15.5. The fourth-order valence-electron chi connectivity index (χ4n) is 3.18. The average molecular weight is 290 g/mol. The number of benzene rings is 1. The highest BCUT2D eigenvalue weighted by atomic mass is 16.5. The third-order valence-electron chi connectivity index (χ3n) is 4.81. The number of ether oxygens (including phenoxy) is 1. The van der Waals surface area contributed by atoms with Gasteiger partial charge in [-0.2, -0.15) is 0 Å². The zero-order valence-corrected chi connectivity index (χ0v) is 14.1. The maximum absolute atomic E-state index is 5.39. The molecule has 1 aromatic carbocycles. The Morgan fingerprint density at radius 2 is 2.10 bits per heavy atom. The molecule has 0 aromatic heterocycles. The molecule has 0 radical (unpaired) electrons. The Morgan fingerprint density at radius 3 is 2.71 bits per heavy atom. The first-order valence-corrected chi connectivity index (χ1v) is 8.09. The topological polar surface area (TPSA) is 24.5 Å². The number of para-hydroxylation sites is 1. The van der Waals surface area contributed by atoms with Crippen molar-refractivity contribution in [3.8, 4) is 0 Å². The second-order valence-electron chi connectivity index (χ2n) is 6.80. The number of nitrogens with one attached hydrogen (secondary N) is 1. The maximum Gasteiger partial charge on any atom is 0.0733 e. The van der Waals surface area contributed by atoms with E-state index in [9.17, 15) is 0 Å².